The second-order valence-electron chi connectivity index (χ2n) is 5.29. The van der Waals surface area contributed by atoms with Crippen LogP contribution in [0, 0.1) is 6.92 Å². The van der Waals surface area contributed by atoms with Gasteiger partial charge in [-0.3, -0.25) is 0 Å². The van der Waals surface area contributed by atoms with E-state index < -0.39 is 0 Å². The van der Waals surface area contributed by atoms with E-state index in [-0.39, 0.29) is 12.7 Å². The summed E-state index contributed by atoms with van der Waals surface area (Å²) in [5.41, 5.74) is 2.24. The molecule has 5 nitrogen and oxygen atoms in total. The highest BCUT2D eigenvalue weighted by Crippen LogP contribution is 2.23. The van der Waals surface area contributed by atoms with E-state index in [9.17, 15) is 0 Å². The smallest absolute Gasteiger partial charge is 0.191 e. The van der Waals surface area contributed by atoms with Crippen molar-refractivity contribution in [1.29, 1.82) is 0 Å². The van der Waals surface area contributed by atoms with Crippen molar-refractivity contribution in [3.63, 3.8) is 0 Å². The number of benzene rings is 1. The average Bonchev–Trinajstić information content (AvgIpc) is 2.51. The Kier molecular flexibility index (Phi) is 8.36. The second-order valence-corrected chi connectivity index (χ2v) is 5.29. The normalized spacial score (nSPS) is 12.9. The summed E-state index contributed by atoms with van der Waals surface area (Å²) in [7, 11) is 0. The Morgan fingerprint density at radius 3 is 2.73 bits per heavy atom. The molecule has 1 atom stereocenters. The number of aryl methyl sites for hydroxylation is 1. The molecule has 1 rings (SSSR count). The van der Waals surface area contributed by atoms with Gasteiger partial charge in [0, 0.05) is 18.7 Å². The summed E-state index contributed by atoms with van der Waals surface area (Å²) in [4.78, 5) is 4.55. The van der Waals surface area contributed by atoms with E-state index in [0.29, 0.717) is 19.0 Å². The topological polar surface area (TPSA) is 65.9 Å². The Morgan fingerprint density at radius 2 is 2.09 bits per heavy atom. The summed E-state index contributed by atoms with van der Waals surface area (Å²) in [5, 5.41) is 15.1. The lowest BCUT2D eigenvalue weighted by Crippen LogP contribution is -2.38. The first-order valence-corrected chi connectivity index (χ1v) is 7.99. The molecule has 0 aliphatic rings. The zero-order chi connectivity index (χ0) is 16.4. The van der Waals surface area contributed by atoms with Crippen molar-refractivity contribution in [2.45, 2.75) is 46.8 Å². The number of ether oxygens (including phenoxy) is 1. The molecule has 0 spiro atoms. The summed E-state index contributed by atoms with van der Waals surface area (Å²) >= 11 is 0. The van der Waals surface area contributed by atoms with E-state index in [4.69, 9.17) is 9.84 Å². The number of aliphatic hydroxyl groups excluding tert-OH is 1. The van der Waals surface area contributed by atoms with Crippen molar-refractivity contribution in [3.05, 3.63) is 29.3 Å². The monoisotopic (exact) mass is 307 g/mol. The first kappa shape index (κ1) is 18.3. The Morgan fingerprint density at radius 1 is 1.32 bits per heavy atom. The molecule has 0 heterocycles. The van der Waals surface area contributed by atoms with Gasteiger partial charge >= 0.3 is 0 Å². The van der Waals surface area contributed by atoms with Crippen molar-refractivity contribution in [3.8, 4) is 5.75 Å². The van der Waals surface area contributed by atoms with Crippen molar-refractivity contribution in [1.82, 2.24) is 10.6 Å². The summed E-state index contributed by atoms with van der Waals surface area (Å²) < 4.78 is 6.00. The largest absolute Gasteiger partial charge is 0.490 e. The molecular formula is C17H29N3O2. The molecular weight excluding hydrogens is 278 g/mol. The van der Waals surface area contributed by atoms with Crippen LogP contribution in [0.25, 0.3) is 0 Å². The van der Waals surface area contributed by atoms with Crippen LogP contribution in [0.2, 0.25) is 0 Å². The van der Waals surface area contributed by atoms with Crippen LogP contribution in [-0.2, 0) is 6.54 Å². The summed E-state index contributed by atoms with van der Waals surface area (Å²) in [6, 6.07) is 6.19. The average molecular weight is 307 g/mol. The molecule has 0 aliphatic heterocycles. The number of rotatable bonds is 8. The number of hydrogen-bond donors (Lipinski definition) is 3. The maximum atomic E-state index is 8.90. The third kappa shape index (κ3) is 6.35. The minimum Gasteiger partial charge on any atom is -0.490 e. The van der Waals surface area contributed by atoms with Gasteiger partial charge in [0.25, 0.3) is 0 Å². The molecule has 124 valence electrons. The first-order chi connectivity index (χ1) is 10.6. The standard InChI is InChI=1S/C17H29N3O2/c1-5-14(4)22-16-11-13(3)7-8-15(16)12-20-17(18-6-2)19-9-10-21/h7-8,11,14,21H,5-6,9-10,12H2,1-4H3,(H2,18,19,20). The van der Waals surface area contributed by atoms with Crippen LogP contribution in [0.4, 0.5) is 0 Å². The fourth-order valence-electron chi connectivity index (χ4n) is 1.88. The molecule has 0 saturated carbocycles. The van der Waals surface area contributed by atoms with Crippen LogP contribution >= 0.6 is 0 Å². The highest BCUT2D eigenvalue weighted by molar-refractivity contribution is 5.79. The van der Waals surface area contributed by atoms with Crippen LogP contribution in [0.3, 0.4) is 0 Å². The zero-order valence-electron chi connectivity index (χ0n) is 14.1. The first-order valence-electron chi connectivity index (χ1n) is 7.99. The van der Waals surface area contributed by atoms with Crippen LogP contribution in [0.1, 0.15) is 38.3 Å². The maximum Gasteiger partial charge on any atom is 0.191 e. The van der Waals surface area contributed by atoms with Crippen molar-refractivity contribution >= 4 is 5.96 Å². The van der Waals surface area contributed by atoms with Gasteiger partial charge < -0.3 is 20.5 Å². The van der Waals surface area contributed by atoms with E-state index in [1.54, 1.807) is 0 Å². The predicted molar refractivity (Wildman–Crippen MR) is 91.5 cm³/mol. The van der Waals surface area contributed by atoms with Gasteiger partial charge in [0.1, 0.15) is 5.75 Å². The van der Waals surface area contributed by atoms with Gasteiger partial charge in [-0.05, 0) is 38.8 Å². The quantitative estimate of drug-likeness (QED) is 0.509. The lowest BCUT2D eigenvalue weighted by molar-refractivity contribution is 0.215. The fourth-order valence-corrected chi connectivity index (χ4v) is 1.88. The molecule has 0 aliphatic carbocycles. The van der Waals surface area contributed by atoms with Gasteiger partial charge in [-0.25, -0.2) is 4.99 Å². The Hall–Kier alpha value is -1.75. The molecule has 1 aromatic carbocycles. The molecule has 0 amide bonds. The number of guanidine groups is 1. The van der Waals surface area contributed by atoms with Gasteiger partial charge in [-0.1, -0.05) is 19.1 Å². The van der Waals surface area contributed by atoms with E-state index >= 15 is 0 Å². The Balaban J connectivity index is 2.85. The SMILES string of the molecule is CCNC(=NCc1ccc(C)cc1OC(C)CC)NCCO. The number of aliphatic imine (C=N–C) groups is 1. The highest BCUT2D eigenvalue weighted by atomic mass is 16.5. The lowest BCUT2D eigenvalue weighted by atomic mass is 10.1. The molecule has 1 aromatic rings. The molecule has 22 heavy (non-hydrogen) atoms. The van der Waals surface area contributed by atoms with E-state index in [0.717, 1.165) is 24.3 Å². The molecule has 0 bridgehead atoms. The Labute approximate surface area is 133 Å². The van der Waals surface area contributed by atoms with Gasteiger partial charge in [0.15, 0.2) is 5.96 Å². The number of nitrogens with one attached hydrogen (secondary N) is 2. The summed E-state index contributed by atoms with van der Waals surface area (Å²) in [6.07, 6.45) is 1.16. The molecule has 0 radical (unpaired) electrons. The third-order valence-electron chi connectivity index (χ3n) is 3.28. The van der Waals surface area contributed by atoms with Crippen molar-refractivity contribution < 1.29 is 9.84 Å². The van der Waals surface area contributed by atoms with Crippen molar-refractivity contribution in [2.75, 3.05) is 19.7 Å². The second kappa shape index (κ2) is 10.1. The van der Waals surface area contributed by atoms with Gasteiger partial charge in [-0.2, -0.15) is 0 Å². The van der Waals surface area contributed by atoms with E-state index in [1.807, 2.05) is 6.92 Å². The molecule has 0 saturated heterocycles. The van der Waals surface area contributed by atoms with Crippen LogP contribution in [-0.4, -0.2) is 36.9 Å². The molecule has 0 aromatic heterocycles. The molecule has 3 N–H and O–H groups in total. The minimum absolute atomic E-state index is 0.0807. The third-order valence-corrected chi connectivity index (χ3v) is 3.28. The van der Waals surface area contributed by atoms with Gasteiger partial charge in [0.2, 0.25) is 0 Å². The van der Waals surface area contributed by atoms with Crippen molar-refractivity contribution in [2.24, 2.45) is 4.99 Å². The van der Waals surface area contributed by atoms with Crippen LogP contribution < -0.4 is 15.4 Å². The summed E-state index contributed by atoms with van der Waals surface area (Å²) in [6.45, 7) is 10.1. The van der Waals surface area contributed by atoms with E-state index in [1.165, 1.54) is 5.56 Å². The predicted octanol–water partition coefficient (Wildman–Crippen LogP) is 2.22. The molecule has 0 fully saturated rings. The number of nitrogens with zero attached hydrogens (tertiary/aromatic N) is 1. The summed E-state index contributed by atoms with van der Waals surface area (Å²) in [5.74, 6) is 1.60. The van der Waals surface area contributed by atoms with Crippen LogP contribution in [0.5, 0.6) is 5.75 Å². The zero-order valence-corrected chi connectivity index (χ0v) is 14.1. The lowest BCUT2D eigenvalue weighted by Gasteiger charge is -2.16. The number of aliphatic hydroxyl groups is 1. The Bertz CT molecular complexity index is 475. The van der Waals surface area contributed by atoms with Gasteiger partial charge in [0.05, 0.1) is 19.3 Å². The fraction of sp³-hybridized carbons (Fsp3) is 0.588. The van der Waals surface area contributed by atoms with Gasteiger partial charge in [-0.15, -0.1) is 0 Å². The van der Waals surface area contributed by atoms with Crippen LogP contribution in [0.15, 0.2) is 23.2 Å². The molecule has 5 heteroatoms. The minimum atomic E-state index is 0.0807. The highest BCUT2D eigenvalue weighted by Gasteiger charge is 2.08. The molecule has 1 unspecified atom stereocenters. The number of hydrogen-bond acceptors (Lipinski definition) is 3. The van der Waals surface area contributed by atoms with E-state index in [2.05, 4.69) is 54.6 Å². The maximum absolute atomic E-state index is 8.90.